The summed E-state index contributed by atoms with van der Waals surface area (Å²) in [6, 6.07) is 9.27. The van der Waals surface area contributed by atoms with Crippen LogP contribution in [0.25, 0.3) is 0 Å². The number of ether oxygens (including phenoxy) is 1. The molecule has 1 aromatic carbocycles. The molecule has 0 aliphatic carbocycles. The Balaban J connectivity index is 2.11. The van der Waals surface area contributed by atoms with E-state index in [1.54, 1.807) is 0 Å². The van der Waals surface area contributed by atoms with Crippen molar-refractivity contribution in [2.75, 3.05) is 6.61 Å². The summed E-state index contributed by atoms with van der Waals surface area (Å²) in [6.45, 7) is 4.38. The average Bonchev–Trinajstić information content (AvgIpc) is 2.82. The lowest BCUT2D eigenvalue weighted by Crippen LogP contribution is -2.35. The number of carbonyl (C=O) groups excluding carboxylic acids is 2. The van der Waals surface area contributed by atoms with E-state index in [1.807, 2.05) is 37.3 Å². The Bertz CT molecular complexity index is 472. The summed E-state index contributed by atoms with van der Waals surface area (Å²) >= 11 is 0. The third-order valence-corrected chi connectivity index (χ3v) is 3.63. The smallest absolute Gasteiger partial charge is 0.417 e. The van der Waals surface area contributed by atoms with Gasteiger partial charge < -0.3 is 4.74 Å². The largest absolute Gasteiger partial charge is 0.446 e. The van der Waals surface area contributed by atoms with Crippen LogP contribution in [0.15, 0.2) is 30.3 Å². The molecule has 20 heavy (non-hydrogen) atoms. The number of carbonyl (C=O) groups is 2. The van der Waals surface area contributed by atoms with Crippen LogP contribution in [0.2, 0.25) is 0 Å². The second-order valence-electron chi connectivity index (χ2n) is 5.37. The molecular weight excluding hydrogens is 254 g/mol. The minimum Gasteiger partial charge on any atom is -0.446 e. The highest BCUT2D eigenvalue weighted by Gasteiger charge is 2.38. The van der Waals surface area contributed by atoms with Crippen LogP contribution in [0.5, 0.6) is 0 Å². The molecule has 4 nitrogen and oxygen atoms in total. The second-order valence-corrected chi connectivity index (χ2v) is 5.37. The van der Waals surface area contributed by atoms with Crippen molar-refractivity contribution in [3.8, 4) is 0 Å². The molecule has 2 atom stereocenters. The molecule has 0 radical (unpaired) electrons. The van der Waals surface area contributed by atoms with E-state index in [9.17, 15) is 9.59 Å². The summed E-state index contributed by atoms with van der Waals surface area (Å²) < 4.78 is 5.06. The lowest BCUT2D eigenvalue weighted by molar-refractivity contribution is -0.130. The van der Waals surface area contributed by atoms with Crippen molar-refractivity contribution in [3.63, 3.8) is 0 Å². The molecule has 1 heterocycles. The van der Waals surface area contributed by atoms with Crippen LogP contribution >= 0.6 is 0 Å². The zero-order valence-electron chi connectivity index (χ0n) is 12.0. The number of amides is 2. The van der Waals surface area contributed by atoms with Gasteiger partial charge in [-0.15, -0.1) is 0 Å². The van der Waals surface area contributed by atoms with Crippen molar-refractivity contribution in [1.82, 2.24) is 4.90 Å². The molecule has 1 aromatic rings. The summed E-state index contributed by atoms with van der Waals surface area (Å²) in [5.41, 5.74) is 0.940. The van der Waals surface area contributed by atoms with Crippen LogP contribution in [0.1, 0.15) is 44.7 Å². The van der Waals surface area contributed by atoms with E-state index >= 15 is 0 Å². The van der Waals surface area contributed by atoms with Gasteiger partial charge in [-0.3, -0.25) is 4.79 Å². The van der Waals surface area contributed by atoms with Crippen molar-refractivity contribution in [3.05, 3.63) is 35.9 Å². The quantitative estimate of drug-likeness (QED) is 0.825. The molecule has 1 saturated heterocycles. The van der Waals surface area contributed by atoms with E-state index in [2.05, 4.69) is 6.92 Å². The van der Waals surface area contributed by atoms with E-state index in [0.717, 1.165) is 18.4 Å². The monoisotopic (exact) mass is 275 g/mol. The maximum atomic E-state index is 12.3. The third-order valence-electron chi connectivity index (χ3n) is 3.63. The molecule has 4 heteroatoms. The molecule has 2 rings (SSSR count). The fourth-order valence-electron chi connectivity index (χ4n) is 2.61. The van der Waals surface area contributed by atoms with Crippen LogP contribution in [0.3, 0.4) is 0 Å². The molecular formula is C16H21NO3. The maximum Gasteiger partial charge on any atom is 0.417 e. The Labute approximate surface area is 119 Å². The first-order valence-corrected chi connectivity index (χ1v) is 7.17. The number of benzene rings is 1. The standard InChI is InChI=1S/C16H21NO3/c1-3-7-12(2)10-15(18)17-14(11-20-16(17)19)13-8-5-4-6-9-13/h4-6,8-9,12,14H,3,7,10-11H2,1-2H3/t12-,14+/m0/s1. The number of cyclic esters (lactones) is 1. The summed E-state index contributed by atoms with van der Waals surface area (Å²) in [7, 11) is 0. The zero-order chi connectivity index (χ0) is 14.5. The lowest BCUT2D eigenvalue weighted by Gasteiger charge is -2.21. The van der Waals surface area contributed by atoms with Crippen LogP contribution in [-0.4, -0.2) is 23.5 Å². The fraction of sp³-hybridized carbons (Fsp3) is 0.500. The van der Waals surface area contributed by atoms with Gasteiger partial charge in [-0.1, -0.05) is 57.0 Å². The van der Waals surface area contributed by atoms with Crippen LogP contribution in [0.4, 0.5) is 4.79 Å². The van der Waals surface area contributed by atoms with E-state index in [4.69, 9.17) is 4.74 Å². The molecule has 0 bridgehead atoms. The van der Waals surface area contributed by atoms with Crippen molar-refractivity contribution < 1.29 is 14.3 Å². The molecule has 0 spiro atoms. The first-order valence-electron chi connectivity index (χ1n) is 7.17. The highest BCUT2D eigenvalue weighted by molar-refractivity contribution is 5.93. The van der Waals surface area contributed by atoms with Gasteiger partial charge in [0.25, 0.3) is 0 Å². The molecule has 0 saturated carbocycles. The van der Waals surface area contributed by atoms with Crippen LogP contribution < -0.4 is 0 Å². The number of nitrogens with zero attached hydrogens (tertiary/aromatic N) is 1. The lowest BCUT2D eigenvalue weighted by atomic mass is 10.0. The van der Waals surface area contributed by atoms with Gasteiger partial charge in [-0.05, 0) is 11.5 Å². The number of hydrogen-bond acceptors (Lipinski definition) is 3. The molecule has 1 fully saturated rings. The Kier molecular flexibility index (Phi) is 4.77. The maximum absolute atomic E-state index is 12.3. The first kappa shape index (κ1) is 14.6. The molecule has 2 amide bonds. The zero-order valence-corrected chi connectivity index (χ0v) is 12.0. The van der Waals surface area contributed by atoms with Gasteiger partial charge in [0.2, 0.25) is 5.91 Å². The van der Waals surface area contributed by atoms with Gasteiger partial charge in [0.15, 0.2) is 0 Å². The third kappa shape index (κ3) is 3.18. The van der Waals surface area contributed by atoms with Gasteiger partial charge in [-0.25, -0.2) is 9.69 Å². The summed E-state index contributed by atoms with van der Waals surface area (Å²) in [5.74, 6) is 0.152. The molecule has 0 aromatic heterocycles. The Hall–Kier alpha value is -1.84. The van der Waals surface area contributed by atoms with E-state index < -0.39 is 6.09 Å². The molecule has 1 aliphatic heterocycles. The van der Waals surface area contributed by atoms with Gasteiger partial charge in [-0.2, -0.15) is 0 Å². The van der Waals surface area contributed by atoms with Crippen molar-refractivity contribution in [1.29, 1.82) is 0 Å². The van der Waals surface area contributed by atoms with Crippen LogP contribution in [0, 0.1) is 5.92 Å². The Morgan fingerprint density at radius 1 is 1.40 bits per heavy atom. The molecule has 108 valence electrons. The van der Waals surface area contributed by atoms with Gasteiger partial charge in [0, 0.05) is 6.42 Å². The van der Waals surface area contributed by atoms with Crippen molar-refractivity contribution >= 4 is 12.0 Å². The van der Waals surface area contributed by atoms with Crippen molar-refractivity contribution in [2.24, 2.45) is 5.92 Å². The predicted octanol–water partition coefficient (Wildman–Crippen LogP) is 3.53. The van der Waals surface area contributed by atoms with E-state index in [1.165, 1.54) is 4.90 Å². The second kappa shape index (κ2) is 6.55. The SMILES string of the molecule is CCC[C@H](C)CC(=O)N1C(=O)OC[C@@H]1c1ccccc1. The normalized spacial score (nSPS) is 19.8. The predicted molar refractivity (Wildman–Crippen MR) is 76.1 cm³/mol. The summed E-state index contributed by atoms with van der Waals surface area (Å²) in [5, 5.41) is 0. The highest BCUT2D eigenvalue weighted by Crippen LogP contribution is 2.29. The molecule has 0 N–H and O–H groups in total. The topological polar surface area (TPSA) is 46.6 Å². The highest BCUT2D eigenvalue weighted by atomic mass is 16.6. The Morgan fingerprint density at radius 3 is 2.75 bits per heavy atom. The first-order chi connectivity index (χ1) is 9.63. The average molecular weight is 275 g/mol. The van der Waals surface area contributed by atoms with Gasteiger partial charge in [0.1, 0.15) is 12.6 Å². The van der Waals surface area contributed by atoms with Gasteiger partial charge in [0.05, 0.1) is 0 Å². The minimum atomic E-state index is -0.521. The number of imide groups is 1. The van der Waals surface area contributed by atoms with Gasteiger partial charge >= 0.3 is 6.09 Å². The molecule has 0 unspecified atom stereocenters. The fourth-order valence-corrected chi connectivity index (χ4v) is 2.61. The molecule has 1 aliphatic rings. The van der Waals surface area contributed by atoms with E-state index in [-0.39, 0.29) is 24.5 Å². The number of hydrogen-bond donors (Lipinski definition) is 0. The Morgan fingerprint density at radius 2 is 2.10 bits per heavy atom. The summed E-state index contributed by atoms with van der Waals surface area (Å²) in [6.07, 6.45) is 1.91. The van der Waals surface area contributed by atoms with E-state index in [0.29, 0.717) is 6.42 Å². The van der Waals surface area contributed by atoms with Crippen molar-refractivity contribution in [2.45, 2.75) is 39.2 Å². The van der Waals surface area contributed by atoms with Crippen LogP contribution in [-0.2, 0) is 9.53 Å². The minimum absolute atomic E-state index is 0.137. The number of rotatable bonds is 5. The summed E-state index contributed by atoms with van der Waals surface area (Å²) in [4.78, 5) is 25.5.